The molecule has 0 aromatic heterocycles. The zero-order valence-electron chi connectivity index (χ0n) is 14.6. The Morgan fingerprint density at radius 3 is 2.57 bits per heavy atom. The molecule has 0 amide bonds. The van der Waals surface area contributed by atoms with Gasteiger partial charge in [-0.25, -0.2) is 0 Å². The first-order chi connectivity index (χ1) is 10.8. The van der Waals surface area contributed by atoms with Crippen molar-refractivity contribution in [3.8, 4) is 0 Å². The van der Waals surface area contributed by atoms with E-state index in [-0.39, 0.29) is 11.0 Å². The maximum Gasteiger partial charge on any atom is 0.309 e. The molecule has 2 spiro atoms. The number of fused-ring (bicyclic) bond motifs is 4. The Kier molecular flexibility index (Phi) is 2.66. The Hall–Kier alpha value is -0.570. The van der Waals surface area contributed by atoms with E-state index in [1.54, 1.807) is 0 Å². The Morgan fingerprint density at radius 2 is 1.87 bits per heavy atom. The molecule has 4 saturated carbocycles. The highest BCUT2D eigenvalue weighted by Crippen LogP contribution is 2.74. The summed E-state index contributed by atoms with van der Waals surface area (Å²) in [5, 5.41) is 9.95. The number of carboxylic acids is 1. The van der Waals surface area contributed by atoms with E-state index in [9.17, 15) is 9.90 Å². The fourth-order valence-electron chi connectivity index (χ4n) is 8.28. The second-order valence-corrected chi connectivity index (χ2v) is 10.1. The van der Waals surface area contributed by atoms with Gasteiger partial charge in [0.2, 0.25) is 0 Å². The first-order valence-electron chi connectivity index (χ1n) is 9.72. The summed E-state index contributed by atoms with van der Waals surface area (Å²) in [5.41, 5.74) is 0.455. The van der Waals surface area contributed by atoms with Crippen LogP contribution in [0.1, 0.15) is 71.6 Å². The van der Waals surface area contributed by atoms with Crippen LogP contribution in [0.3, 0.4) is 0 Å². The van der Waals surface area contributed by atoms with Gasteiger partial charge in [0.15, 0.2) is 0 Å². The van der Waals surface area contributed by atoms with E-state index >= 15 is 0 Å². The molecular formula is C20H30O3. The molecule has 0 radical (unpaired) electrons. The van der Waals surface area contributed by atoms with Crippen molar-refractivity contribution < 1.29 is 14.6 Å². The van der Waals surface area contributed by atoms with Crippen molar-refractivity contribution in [1.29, 1.82) is 0 Å². The monoisotopic (exact) mass is 318 g/mol. The molecule has 5 rings (SSSR count). The minimum atomic E-state index is -0.550. The van der Waals surface area contributed by atoms with Gasteiger partial charge in [-0.1, -0.05) is 13.3 Å². The summed E-state index contributed by atoms with van der Waals surface area (Å²) in [7, 11) is 0. The number of carboxylic acid groups (broad SMARTS) is 1. The molecule has 3 heteroatoms. The van der Waals surface area contributed by atoms with Crippen LogP contribution in [0.4, 0.5) is 0 Å². The molecule has 7 atom stereocenters. The topological polar surface area (TPSA) is 49.8 Å². The van der Waals surface area contributed by atoms with E-state index in [4.69, 9.17) is 4.74 Å². The lowest BCUT2D eigenvalue weighted by Gasteiger charge is -2.63. The van der Waals surface area contributed by atoms with E-state index in [1.807, 2.05) is 6.92 Å². The third-order valence-electron chi connectivity index (χ3n) is 9.30. The molecule has 1 heterocycles. The average molecular weight is 318 g/mol. The van der Waals surface area contributed by atoms with Gasteiger partial charge in [-0.2, -0.15) is 0 Å². The lowest BCUT2D eigenvalue weighted by molar-refractivity contribution is -0.181. The predicted molar refractivity (Wildman–Crippen MR) is 87.0 cm³/mol. The quantitative estimate of drug-likeness (QED) is 0.735. The minimum Gasteiger partial charge on any atom is -0.481 e. The molecule has 2 bridgehead atoms. The molecule has 1 N–H and O–H groups in total. The summed E-state index contributed by atoms with van der Waals surface area (Å²) in [6, 6.07) is 0. The summed E-state index contributed by atoms with van der Waals surface area (Å²) in [5.74, 6) is 1.34. The van der Waals surface area contributed by atoms with E-state index in [0.29, 0.717) is 11.3 Å². The molecule has 4 aliphatic carbocycles. The molecule has 1 saturated heterocycles. The predicted octanol–water partition coefficient (Wildman–Crippen LogP) is 4.25. The molecule has 1 aliphatic heterocycles. The van der Waals surface area contributed by atoms with Crippen molar-refractivity contribution >= 4 is 5.97 Å². The molecule has 0 aromatic carbocycles. The Balaban J connectivity index is 1.55. The van der Waals surface area contributed by atoms with Gasteiger partial charge < -0.3 is 9.84 Å². The van der Waals surface area contributed by atoms with Gasteiger partial charge >= 0.3 is 5.97 Å². The Labute approximate surface area is 139 Å². The van der Waals surface area contributed by atoms with Crippen LogP contribution >= 0.6 is 0 Å². The maximum absolute atomic E-state index is 12.1. The van der Waals surface area contributed by atoms with Crippen LogP contribution in [0.5, 0.6) is 0 Å². The van der Waals surface area contributed by atoms with Gasteiger partial charge in [-0.05, 0) is 86.9 Å². The number of rotatable bonds is 1. The summed E-state index contributed by atoms with van der Waals surface area (Å²) < 4.78 is 5.97. The van der Waals surface area contributed by atoms with Gasteiger partial charge in [-0.3, -0.25) is 4.79 Å². The molecule has 128 valence electrons. The number of hydrogen-bond acceptors (Lipinski definition) is 2. The average Bonchev–Trinajstić information content (AvgIpc) is 3.22. The van der Waals surface area contributed by atoms with Crippen LogP contribution in [0, 0.1) is 34.0 Å². The van der Waals surface area contributed by atoms with E-state index in [2.05, 4.69) is 6.92 Å². The van der Waals surface area contributed by atoms with Gasteiger partial charge in [0.25, 0.3) is 0 Å². The first kappa shape index (κ1) is 14.7. The van der Waals surface area contributed by atoms with Gasteiger partial charge in [0.1, 0.15) is 0 Å². The van der Waals surface area contributed by atoms with Crippen molar-refractivity contribution in [2.24, 2.45) is 34.0 Å². The summed E-state index contributed by atoms with van der Waals surface area (Å²) in [6.45, 7) is 5.50. The second kappa shape index (κ2) is 4.15. The van der Waals surface area contributed by atoms with E-state index in [1.165, 1.54) is 38.5 Å². The lowest BCUT2D eigenvalue weighted by Crippen LogP contribution is -2.58. The molecule has 5 aliphatic rings. The number of carbonyl (C=O) groups is 1. The fraction of sp³-hybridized carbons (Fsp3) is 0.950. The SMILES string of the molecule is C[C@@]12CCC[C@@](C)(C(=O)O)[C@H]1CC[C@@]13C[C@@H](CC[C@@H]12)[C@]1(CO1)C3. The highest BCUT2D eigenvalue weighted by molar-refractivity contribution is 5.75. The van der Waals surface area contributed by atoms with Crippen LogP contribution in [0.25, 0.3) is 0 Å². The largest absolute Gasteiger partial charge is 0.481 e. The van der Waals surface area contributed by atoms with Crippen molar-refractivity contribution in [3.63, 3.8) is 0 Å². The number of aliphatic carboxylic acids is 1. The normalized spacial score (nSPS) is 60.2. The third kappa shape index (κ3) is 1.63. The van der Waals surface area contributed by atoms with Gasteiger partial charge in [0, 0.05) is 0 Å². The zero-order chi connectivity index (χ0) is 16.1. The van der Waals surface area contributed by atoms with Crippen molar-refractivity contribution in [3.05, 3.63) is 0 Å². The van der Waals surface area contributed by atoms with Crippen LogP contribution < -0.4 is 0 Å². The number of hydrogen-bond donors (Lipinski definition) is 1. The molecule has 0 unspecified atom stereocenters. The van der Waals surface area contributed by atoms with Crippen LogP contribution in [-0.2, 0) is 9.53 Å². The molecule has 0 aromatic rings. The van der Waals surface area contributed by atoms with E-state index in [0.717, 1.165) is 37.7 Å². The highest BCUT2D eigenvalue weighted by Gasteiger charge is 2.71. The standard InChI is InChI=1S/C20H30O3/c1-17-7-3-8-18(2,16(21)22)14(17)6-9-19-10-13(4-5-15(17)19)20(11-19)12-23-20/h13-15H,3-12H2,1-2H3,(H,21,22)/t13-,14+,15-,17-,18-,19+,20-/m1/s1. The second-order valence-electron chi connectivity index (χ2n) is 10.1. The maximum atomic E-state index is 12.1. The third-order valence-corrected chi connectivity index (χ3v) is 9.30. The summed E-state index contributed by atoms with van der Waals surface area (Å²) >= 11 is 0. The molecule has 5 fully saturated rings. The van der Waals surface area contributed by atoms with E-state index < -0.39 is 11.4 Å². The molecule has 3 nitrogen and oxygen atoms in total. The minimum absolute atomic E-state index is 0.231. The number of epoxide rings is 1. The molecule has 23 heavy (non-hydrogen) atoms. The van der Waals surface area contributed by atoms with Crippen LogP contribution in [0.15, 0.2) is 0 Å². The highest BCUT2D eigenvalue weighted by atomic mass is 16.6. The summed E-state index contributed by atoms with van der Waals surface area (Å²) in [4.78, 5) is 12.1. The van der Waals surface area contributed by atoms with Crippen molar-refractivity contribution in [1.82, 2.24) is 0 Å². The Bertz CT molecular complexity index is 567. The zero-order valence-corrected chi connectivity index (χ0v) is 14.6. The Morgan fingerprint density at radius 1 is 1.09 bits per heavy atom. The molecular weight excluding hydrogens is 288 g/mol. The van der Waals surface area contributed by atoms with Gasteiger partial charge in [-0.15, -0.1) is 0 Å². The first-order valence-corrected chi connectivity index (χ1v) is 9.72. The fourth-order valence-corrected chi connectivity index (χ4v) is 8.28. The van der Waals surface area contributed by atoms with Crippen LogP contribution in [0.2, 0.25) is 0 Å². The number of ether oxygens (including phenoxy) is 1. The van der Waals surface area contributed by atoms with Crippen molar-refractivity contribution in [2.75, 3.05) is 6.61 Å². The van der Waals surface area contributed by atoms with Gasteiger partial charge in [0.05, 0.1) is 17.6 Å². The summed E-state index contributed by atoms with van der Waals surface area (Å²) in [6.07, 6.45) is 10.9. The van der Waals surface area contributed by atoms with Crippen molar-refractivity contribution in [2.45, 2.75) is 77.2 Å². The smallest absolute Gasteiger partial charge is 0.309 e. The van der Waals surface area contributed by atoms with Crippen LogP contribution in [-0.4, -0.2) is 23.3 Å². The lowest BCUT2D eigenvalue weighted by atomic mass is 9.41.